The summed E-state index contributed by atoms with van der Waals surface area (Å²) in [5, 5.41) is 0. The van der Waals surface area contributed by atoms with Crippen LogP contribution in [-0.4, -0.2) is 0 Å². The predicted octanol–water partition coefficient (Wildman–Crippen LogP) is 6.22. The summed E-state index contributed by atoms with van der Waals surface area (Å²) in [6.45, 7) is 9.25. The molecule has 0 bridgehead atoms. The molecule has 0 amide bonds. The van der Waals surface area contributed by atoms with Crippen LogP contribution in [0.1, 0.15) is 55.0 Å². The Morgan fingerprint density at radius 3 is 2.48 bits per heavy atom. The van der Waals surface area contributed by atoms with Gasteiger partial charge in [0.05, 0.1) is 0 Å². The van der Waals surface area contributed by atoms with Gasteiger partial charge >= 0.3 is 0 Å². The van der Waals surface area contributed by atoms with Gasteiger partial charge in [0.1, 0.15) is 0 Å². The van der Waals surface area contributed by atoms with Gasteiger partial charge in [0.15, 0.2) is 0 Å². The van der Waals surface area contributed by atoms with Crippen molar-refractivity contribution in [1.82, 2.24) is 0 Å². The fourth-order valence-electron chi connectivity index (χ4n) is 4.02. The van der Waals surface area contributed by atoms with Crippen molar-refractivity contribution in [2.75, 3.05) is 0 Å². The number of hydrogen-bond donors (Lipinski definition) is 0. The molecule has 0 saturated carbocycles. The van der Waals surface area contributed by atoms with E-state index in [-0.39, 0.29) is 5.41 Å². The molecular weight excluding hydrogens is 276 g/mol. The molecule has 4 rings (SSSR count). The molecule has 0 N–H and O–H groups in total. The number of hydrogen-bond acceptors (Lipinski definition) is 0. The average Bonchev–Trinajstić information content (AvgIpc) is 3.12. The Morgan fingerprint density at radius 1 is 1.00 bits per heavy atom. The lowest BCUT2D eigenvalue weighted by atomic mass is 9.78. The van der Waals surface area contributed by atoms with Crippen LogP contribution >= 0.6 is 0 Å². The maximum absolute atomic E-state index is 2.43. The predicted molar refractivity (Wildman–Crippen MR) is 99.6 cm³/mol. The minimum Gasteiger partial charge on any atom is -0.0801 e. The largest absolute Gasteiger partial charge is 0.0801 e. The van der Waals surface area contributed by atoms with Crippen LogP contribution in [0.5, 0.6) is 0 Å². The Bertz CT molecular complexity index is 854. The zero-order chi connectivity index (χ0) is 16.2. The molecule has 115 valence electrons. The number of fused-ring (bicyclic) bond motifs is 3. The lowest BCUT2D eigenvalue weighted by molar-refractivity contribution is 0.586. The first-order valence-electron chi connectivity index (χ1n) is 8.45. The Labute approximate surface area is 139 Å². The molecule has 23 heavy (non-hydrogen) atoms. The molecule has 0 fully saturated rings. The molecule has 0 atom stereocenters. The minimum absolute atomic E-state index is 0.151. The molecule has 0 aliphatic heterocycles. The molecule has 2 aliphatic rings. The van der Waals surface area contributed by atoms with Crippen LogP contribution in [0.15, 0.2) is 48.6 Å². The van der Waals surface area contributed by atoms with Crippen molar-refractivity contribution in [2.24, 2.45) is 0 Å². The van der Waals surface area contributed by atoms with Gasteiger partial charge in [-0.25, -0.2) is 0 Å². The van der Waals surface area contributed by atoms with Crippen molar-refractivity contribution >= 4 is 5.57 Å². The summed E-state index contributed by atoms with van der Waals surface area (Å²) >= 11 is 0. The SMILES string of the molecule is Cc1c(C(C)(C)C)cc2c(c1C1=CC=CC1)[CH]c1ccccc1-2. The lowest BCUT2D eigenvalue weighted by Gasteiger charge is -2.26. The van der Waals surface area contributed by atoms with E-state index in [4.69, 9.17) is 0 Å². The molecule has 1 radical (unpaired) electrons. The molecule has 0 aromatic heterocycles. The molecule has 0 spiro atoms. The third kappa shape index (κ3) is 2.20. The van der Waals surface area contributed by atoms with Gasteiger partial charge in [0, 0.05) is 6.42 Å². The summed E-state index contributed by atoms with van der Waals surface area (Å²) in [6, 6.07) is 11.2. The quantitative estimate of drug-likeness (QED) is 0.500. The van der Waals surface area contributed by atoms with E-state index in [1.54, 1.807) is 0 Å². The van der Waals surface area contributed by atoms with Crippen LogP contribution in [0.25, 0.3) is 16.7 Å². The first-order valence-corrected chi connectivity index (χ1v) is 8.45. The molecule has 2 aromatic carbocycles. The van der Waals surface area contributed by atoms with Crippen molar-refractivity contribution in [3.05, 3.63) is 82.8 Å². The third-order valence-electron chi connectivity index (χ3n) is 5.08. The topological polar surface area (TPSA) is 0 Å². The van der Waals surface area contributed by atoms with Gasteiger partial charge in [-0.1, -0.05) is 69.3 Å². The fraction of sp³-hybridized carbons (Fsp3) is 0.261. The van der Waals surface area contributed by atoms with Crippen molar-refractivity contribution in [3.63, 3.8) is 0 Å². The van der Waals surface area contributed by atoms with Gasteiger partial charge in [-0.2, -0.15) is 0 Å². The van der Waals surface area contributed by atoms with Gasteiger partial charge in [-0.15, -0.1) is 0 Å². The highest BCUT2D eigenvalue weighted by molar-refractivity contribution is 5.90. The Morgan fingerprint density at radius 2 is 1.78 bits per heavy atom. The van der Waals surface area contributed by atoms with Gasteiger partial charge in [0.2, 0.25) is 0 Å². The zero-order valence-corrected chi connectivity index (χ0v) is 14.4. The van der Waals surface area contributed by atoms with E-state index >= 15 is 0 Å². The van der Waals surface area contributed by atoms with E-state index in [0.717, 1.165) is 6.42 Å². The Balaban J connectivity index is 2.04. The molecule has 0 heterocycles. The Hall–Kier alpha value is -2.08. The van der Waals surface area contributed by atoms with Crippen LogP contribution in [0, 0.1) is 13.3 Å². The monoisotopic (exact) mass is 299 g/mol. The molecule has 0 unspecified atom stereocenters. The third-order valence-corrected chi connectivity index (χ3v) is 5.08. The first kappa shape index (κ1) is 14.5. The summed E-state index contributed by atoms with van der Waals surface area (Å²) in [5.74, 6) is 0. The molecule has 0 heteroatoms. The molecule has 0 nitrogen and oxygen atoms in total. The van der Waals surface area contributed by atoms with Crippen LogP contribution in [0.4, 0.5) is 0 Å². The maximum Gasteiger partial charge on any atom is 0.0218 e. The van der Waals surface area contributed by atoms with Gasteiger partial charge in [0.25, 0.3) is 0 Å². The van der Waals surface area contributed by atoms with Crippen LogP contribution in [0.2, 0.25) is 0 Å². The van der Waals surface area contributed by atoms with Crippen LogP contribution < -0.4 is 0 Å². The number of rotatable bonds is 1. The van der Waals surface area contributed by atoms with Crippen molar-refractivity contribution < 1.29 is 0 Å². The van der Waals surface area contributed by atoms with Crippen molar-refractivity contribution in [1.29, 1.82) is 0 Å². The fourth-order valence-corrected chi connectivity index (χ4v) is 4.02. The molecular formula is C23H23. The second kappa shape index (κ2) is 4.96. The second-order valence-corrected chi connectivity index (χ2v) is 7.69. The first-order chi connectivity index (χ1) is 11.0. The van der Waals surface area contributed by atoms with Crippen LogP contribution in [-0.2, 0) is 5.41 Å². The highest BCUT2D eigenvalue weighted by Crippen LogP contribution is 2.46. The van der Waals surface area contributed by atoms with E-state index in [2.05, 4.69) is 82.7 Å². The smallest absolute Gasteiger partial charge is 0.0218 e. The molecule has 0 saturated heterocycles. The van der Waals surface area contributed by atoms with Crippen LogP contribution in [0.3, 0.4) is 0 Å². The van der Waals surface area contributed by atoms with Crippen molar-refractivity contribution in [2.45, 2.75) is 39.5 Å². The summed E-state index contributed by atoms with van der Waals surface area (Å²) in [5.41, 5.74) is 11.5. The molecule has 2 aromatic rings. The summed E-state index contributed by atoms with van der Waals surface area (Å²) < 4.78 is 0. The number of benzene rings is 2. The molecule has 2 aliphatic carbocycles. The second-order valence-electron chi connectivity index (χ2n) is 7.69. The standard InChI is InChI=1S/C23H23/c1-15-21(23(2,3)4)14-19-18-12-8-7-11-17(18)13-20(19)22(15)16-9-5-6-10-16/h5-9,11-14H,10H2,1-4H3. The van der Waals surface area contributed by atoms with E-state index in [9.17, 15) is 0 Å². The Kier molecular flexibility index (Phi) is 3.13. The summed E-state index contributed by atoms with van der Waals surface area (Å²) in [4.78, 5) is 0. The number of allylic oxidation sites excluding steroid dienone is 4. The van der Waals surface area contributed by atoms with Crippen molar-refractivity contribution in [3.8, 4) is 11.1 Å². The van der Waals surface area contributed by atoms with E-state index in [0.29, 0.717) is 0 Å². The highest BCUT2D eigenvalue weighted by Gasteiger charge is 2.28. The summed E-state index contributed by atoms with van der Waals surface area (Å²) in [7, 11) is 0. The zero-order valence-electron chi connectivity index (χ0n) is 14.4. The van der Waals surface area contributed by atoms with Gasteiger partial charge < -0.3 is 0 Å². The van der Waals surface area contributed by atoms with E-state index in [1.165, 1.54) is 44.5 Å². The minimum atomic E-state index is 0.151. The maximum atomic E-state index is 2.43. The van der Waals surface area contributed by atoms with E-state index in [1.807, 2.05) is 0 Å². The van der Waals surface area contributed by atoms with Gasteiger partial charge in [-0.3, -0.25) is 0 Å². The average molecular weight is 299 g/mol. The lowest BCUT2D eigenvalue weighted by Crippen LogP contribution is -2.15. The van der Waals surface area contributed by atoms with Gasteiger partial charge in [-0.05, 0) is 63.3 Å². The van der Waals surface area contributed by atoms with E-state index < -0.39 is 0 Å². The highest BCUT2D eigenvalue weighted by atomic mass is 14.3. The summed E-state index contributed by atoms with van der Waals surface area (Å²) in [6.07, 6.45) is 10.1. The normalized spacial score (nSPS) is 15.6.